The Morgan fingerprint density at radius 3 is 2.24 bits per heavy atom. The third-order valence-electron chi connectivity index (χ3n) is 4.56. The van der Waals surface area contributed by atoms with Gasteiger partial charge < -0.3 is 0 Å². The van der Waals surface area contributed by atoms with Gasteiger partial charge in [-0.1, -0.05) is 29.8 Å². The van der Waals surface area contributed by atoms with E-state index < -0.39 is 23.5 Å². The molecule has 0 saturated heterocycles. The quantitative estimate of drug-likeness (QED) is 0.270. The van der Waals surface area contributed by atoms with Crippen molar-refractivity contribution >= 4 is 43.2 Å². The van der Waals surface area contributed by atoms with Crippen LogP contribution in [-0.4, -0.2) is 4.98 Å². The molecule has 0 amide bonds. The summed E-state index contributed by atoms with van der Waals surface area (Å²) < 4.78 is 79.8. The van der Waals surface area contributed by atoms with Gasteiger partial charge in [-0.25, -0.2) is 4.98 Å². The van der Waals surface area contributed by atoms with E-state index in [-0.39, 0.29) is 17.2 Å². The highest BCUT2D eigenvalue weighted by Gasteiger charge is 2.38. The van der Waals surface area contributed by atoms with Crippen molar-refractivity contribution in [2.24, 2.45) is 0 Å². The fourth-order valence-corrected chi connectivity index (χ4v) is 4.43. The monoisotopic (exact) mass is 445 g/mol. The summed E-state index contributed by atoms with van der Waals surface area (Å²) in [5, 5.41) is 2.02. The first kappa shape index (κ1) is 20.0. The Balaban J connectivity index is 1.93. The van der Waals surface area contributed by atoms with Gasteiger partial charge in [-0.3, -0.25) is 0 Å². The maximum absolute atomic E-state index is 13.5. The molecule has 0 aliphatic carbocycles. The van der Waals surface area contributed by atoms with Crippen LogP contribution in [-0.2, 0) is 12.4 Å². The molecule has 0 spiro atoms. The van der Waals surface area contributed by atoms with Gasteiger partial charge in [0.2, 0.25) is 0 Å². The lowest BCUT2D eigenvalue weighted by molar-refractivity contribution is -0.142. The van der Waals surface area contributed by atoms with Gasteiger partial charge in [-0.05, 0) is 42.3 Å². The number of aromatic nitrogens is 1. The number of fused-ring (bicyclic) bond motifs is 3. The van der Waals surface area contributed by atoms with Gasteiger partial charge in [-0.2, -0.15) is 26.3 Å². The zero-order valence-corrected chi connectivity index (χ0v) is 16.1. The average molecular weight is 446 g/mol. The zero-order valence-electron chi connectivity index (χ0n) is 14.5. The van der Waals surface area contributed by atoms with Crippen LogP contribution in [0.15, 0.2) is 42.5 Å². The molecule has 2 aromatic heterocycles. The lowest BCUT2D eigenvalue weighted by Gasteiger charge is -2.16. The van der Waals surface area contributed by atoms with Crippen LogP contribution in [0, 0.1) is 6.92 Å². The summed E-state index contributed by atoms with van der Waals surface area (Å²) in [6.45, 7) is 1.75. The maximum atomic E-state index is 13.5. The minimum absolute atomic E-state index is 0.148. The van der Waals surface area contributed by atoms with E-state index in [2.05, 4.69) is 4.98 Å². The zero-order chi connectivity index (χ0) is 21.1. The van der Waals surface area contributed by atoms with Crippen LogP contribution in [0.25, 0.3) is 31.4 Å². The number of halogens is 7. The Hall–Kier alpha value is -2.32. The summed E-state index contributed by atoms with van der Waals surface area (Å²) in [6, 6.07) is 8.04. The van der Waals surface area contributed by atoms with E-state index in [0.717, 1.165) is 16.8 Å². The van der Waals surface area contributed by atoms with Crippen molar-refractivity contribution in [3.05, 3.63) is 64.3 Å². The van der Waals surface area contributed by atoms with Crippen molar-refractivity contribution in [2.75, 3.05) is 0 Å². The second kappa shape index (κ2) is 6.60. The molecular formula is C20H10ClF6NS. The average Bonchev–Trinajstić information content (AvgIpc) is 2.96. The molecule has 9 heteroatoms. The van der Waals surface area contributed by atoms with E-state index in [1.807, 2.05) is 0 Å². The molecule has 0 atom stereocenters. The molecule has 0 bridgehead atoms. The summed E-state index contributed by atoms with van der Waals surface area (Å²) in [7, 11) is 0. The number of benzene rings is 2. The highest BCUT2D eigenvalue weighted by molar-refractivity contribution is 7.25. The van der Waals surface area contributed by atoms with E-state index >= 15 is 0 Å². The van der Waals surface area contributed by atoms with E-state index in [9.17, 15) is 26.3 Å². The first-order chi connectivity index (χ1) is 13.4. The molecule has 4 aromatic rings. The lowest BCUT2D eigenvalue weighted by Crippen LogP contribution is -2.12. The molecule has 2 aromatic carbocycles. The van der Waals surface area contributed by atoms with Crippen LogP contribution in [0.2, 0.25) is 5.02 Å². The molecule has 150 valence electrons. The number of hydrogen-bond donors (Lipinski definition) is 0. The Morgan fingerprint density at radius 1 is 0.862 bits per heavy atom. The number of pyridine rings is 1. The van der Waals surface area contributed by atoms with Crippen molar-refractivity contribution < 1.29 is 26.3 Å². The predicted molar refractivity (Wildman–Crippen MR) is 102 cm³/mol. The van der Waals surface area contributed by atoms with Crippen molar-refractivity contribution in [2.45, 2.75) is 19.3 Å². The number of alkyl halides is 6. The number of aryl methyl sites for hydroxylation is 1. The van der Waals surface area contributed by atoms with Crippen LogP contribution < -0.4 is 0 Å². The van der Waals surface area contributed by atoms with Gasteiger partial charge in [0.25, 0.3) is 0 Å². The topological polar surface area (TPSA) is 12.9 Å². The van der Waals surface area contributed by atoms with E-state index in [4.69, 9.17) is 11.6 Å². The van der Waals surface area contributed by atoms with Crippen molar-refractivity contribution in [1.29, 1.82) is 0 Å². The standard InChI is InChI=1S/C20H10ClF6NS/c1-9-16(21)8-14-13-4-2-10(6-17(13)29-18(14)28-9)12-5-3-11(19(22,23)24)7-15(12)20(25,26)27/h2-8H,1H3. The van der Waals surface area contributed by atoms with Gasteiger partial charge in [0.05, 0.1) is 21.8 Å². The molecule has 0 unspecified atom stereocenters. The van der Waals surface area contributed by atoms with Crippen LogP contribution in [0.1, 0.15) is 16.8 Å². The van der Waals surface area contributed by atoms with Crippen LogP contribution >= 0.6 is 22.9 Å². The largest absolute Gasteiger partial charge is 0.417 e. The Kier molecular flexibility index (Phi) is 4.55. The second-order valence-corrected chi connectivity index (χ2v) is 7.92. The molecule has 0 aliphatic heterocycles. The molecule has 2 heterocycles. The molecule has 0 saturated carbocycles. The number of rotatable bonds is 1. The summed E-state index contributed by atoms with van der Waals surface area (Å²) in [5.41, 5.74) is -2.18. The van der Waals surface area contributed by atoms with Gasteiger partial charge in [-0.15, -0.1) is 11.3 Å². The highest BCUT2D eigenvalue weighted by atomic mass is 35.5. The van der Waals surface area contributed by atoms with Gasteiger partial charge >= 0.3 is 12.4 Å². The van der Waals surface area contributed by atoms with Gasteiger partial charge in [0.15, 0.2) is 0 Å². The molecule has 0 aliphatic rings. The maximum Gasteiger partial charge on any atom is 0.417 e. The molecule has 1 nitrogen and oxygen atoms in total. The molecule has 0 radical (unpaired) electrons. The minimum atomic E-state index is -4.93. The van der Waals surface area contributed by atoms with Crippen molar-refractivity contribution in [3.8, 4) is 11.1 Å². The SMILES string of the molecule is Cc1nc2sc3cc(-c4ccc(C(F)(F)F)cc4C(F)(F)F)ccc3c2cc1Cl. The number of nitrogens with zero attached hydrogens (tertiary/aromatic N) is 1. The molecule has 29 heavy (non-hydrogen) atoms. The van der Waals surface area contributed by atoms with Crippen molar-refractivity contribution in [3.63, 3.8) is 0 Å². The molecule has 0 N–H and O–H groups in total. The smallest absolute Gasteiger partial charge is 0.241 e. The van der Waals surface area contributed by atoms with Crippen LogP contribution in [0.5, 0.6) is 0 Å². The van der Waals surface area contributed by atoms with E-state index in [1.165, 1.54) is 23.5 Å². The summed E-state index contributed by atoms with van der Waals surface area (Å²) >= 11 is 7.40. The first-order valence-corrected chi connectivity index (χ1v) is 9.43. The Bertz CT molecular complexity index is 1260. The summed E-state index contributed by atoms with van der Waals surface area (Å²) in [5.74, 6) is 0. The number of thiophene rings is 1. The Labute approximate surface area is 169 Å². The van der Waals surface area contributed by atoms with Crippen LogP contribution in [0.3, 0.4) is 0 Å². The molecular weight excluding hydrogens is 436 g/mol. The fourth-order valence-electron chi connectivity index (χ4n) is 3.14. The van der Waals surface area contributed by atoms with E-state index in [0.29, 0.717) is 26.3 Å². The lowest BCUT2D eigenvalue weighted by atomic mass is 9.96. The summed E-state index contributed by atoms with van der Waals surface area (Å²) in [4.78, 5) is 5.07. The van der Waals surface area contributed by atoms with Crippen LogP contribution in [0.4, 0.5) is 26.3 Å². The normalized spacial score (nSPS) is 12.8. The van der Waals surface area contributed by atoms with Crippen molar-refractivity contribution in [1.82, 2.24) is 4.98 Å². The Morgan fingerprint density at radius 2 is 1.59 bits per heavy atom. The number of hydrogen-bond acceptors (Lipinski definition) is 2. The summed E-state index contributed by atoms with van der Waals surface area (Å²) in [6.07, 6.45) is -9.80. The molecule has 0 fully saturated rings. The van der Waals surface area contributed by atoms with E-state index in [1.54, 1.807) is 19.1 Å². The third kappa shape index (κ3) is 3.55. The predicted octanol–water partition coefficient (Wildman–Crippen LogP) is 8.12. The fraction of sp³-hybridized carbons (Fsp3) is 0.150. The highest BCUT2D eigenvalue weighted by Crippen LogP contribution is 2.43. The second-order valence-electron chi connectivity index (χ2n) is 6.48. The molecule has 4 rings (SSSR count). The first-order valence-electron chi connectivity index (χ1n) is 8.23. The third-order valence-corrected chi connectivity index (χ3v) is 6.00. The van der Waals surface area contributed by atoms with Gasteiger partial charge in [0, 0.05) is 15.5 Å². The minimum Gasteiger partial charge on any atom is -0.241 e. The van der Waals surface area contributed by atoms with Gasteiger partial charge in [0.1, 0.15) is 4.83 Å².